The van der Waals surface area contributed by atoms with E-state index < -0.39 is 0 Å². The van der Waals surface area contributed by atoms with Crippen LogP contribution in [0.5, 0.6) is 0 Å². The number of halogens is 1. The summed E-state index contributed by atoms with van der Waals surface area (Å²) in [7, 11) is 0. The van der Waals surface area contributed by atoms with Crippen molar-refractivity contribution in [2.45, 2.75) is 0 Å². The third kappa shape index (κ3) is 5.62. The number of fused-ring (bicyclic) bond motifs is 4. The number of aromatic nitrogens is 1. The minimum atomic E-state index is -0.291. The van der Waals surface area contributed by atoms with Gasteiger partial charge in [0.2, 0.25) is 0 Å². The molecule has 0 saturated heterocycles. The maximum atomic E-state index is 17.0. The summed E-state index contributed by atoms with van der Waals surface area (Å²) in [5, 5.41) is 10.00. The summed E-state index contributed by atoms with van der Waals surface area (Å²) in [4.78, 5) is 2.05. The molecule has 0 amide bonds. The van der Waals surface area contributed by atoms with Crippen molar-refractivity contribution in [1.82, 2.24) is 4.57 Å². The Bertz CT molecular complexity index is 3560. The Morgan fingerprint density at radius 2 is 0.918 bits per heavy atom. The Hall–Kier alpha value is -8.01. The quantitative estimate of drug-likeness (QED) is 0.146. The summed E-state index contributed by atoms with van der Waals surface area (Å²) in [5.41, 5.74) is 11.6. The first-order valence-corrected chi connectivity index (χ1v) is 20.8. The highest BCUT2D eigenvalue weighted by atomic mass is 19.1. The second-order valence-corrected chi connectivity index (χ2v) is 15.8. The molecule has 61 heavy (non-hydrogen) atoms. The largest absolute Gasteiger partial charge is 0.309 e. The molecule has 11 aromatic carbocycles. The van der Waals surface area contributed by atoms with Crippen molar-refractivity contribution in [2.75, 3.05) is 4.90 Å². The molecule has 0 atom stereocenters. The summed E-state index contributed by atoms with van der Waals surface area (Å²) in [6, 6.07) is 78.1. The lowest BCUT2D eigenvalue weighted by Crippen LogP contribution is -2.13. The van der Waals surface area contributed by atoms with Crippen LogP contribution in [0, 0.1) is 5.82 Å². The van der Waals surface area contributed by atoms with Crippen LogP contribution in [0.25, 0.3) is 93.2 Å². The van der Waals surface area contributed by atoms with Gasteiger partial charge in [-0.25, -0.2) is 4.39 Å². The molecule has 0 fully saturated rings. The average molecular weight is 781 g/mol. The lowest BCUT2D eigenvalue weighted by Gasteiger charge is -2.29. The summed E-state index contributed by atoms with van der Waals surface area (Å²) in [6.07, 6.45) is 0. The highest BCUT2D eigenvalue weighted by Crippen LogP contribution is 2.47. The predicted molar refractivity (Wildman–Crippen MR) is 255 cm³/mol. The zero-order valence-corrected chi connectivity index (χ0v) is 33.1. The van der Waals surface area contributed by atoms with Gasteiger partial charge in [0.15, 0.2) is 0 Å². The molecule has 0 unspecified atom stereocenters. The Kier molecular flexibility index (Phi) is 8.07. The van der Waals surface area contributed by atoms with Crippen molar-refractivity contribution in [1.29, 1.82) is 0 Å². The number of hydrogen-bond acceptors (Lipinski definition) is 1. The first kappa shape index (κ1) is 35.0. The molecule has 2 nitrogen and oxygen atoms in total. The van der Waals surface area contributed by atoms with Crippen LogP contribution in [0.2, 0.25) is 0 Å². The van der Waals surface area contributed by atoms with Gasteiger partial charge in [0.1, 0.15) is 5.82 Å². The van der Waals surface area contributed by atoms with Crippen molar-refractivity contribution < 1.29 is 4.39 Å². The van der Waals surface area contributed by atoms with Gasteiger partial charge in [0.05, 0.1) is 16.7 Å². The number of nitrogens with zero attached hydrogens (tertiary/aromatic N) is 2. The van der Waals surface area contributed by atoms with E-state index in [1.165, 1.54) is 54.1 Å². The third-order valence-corrected chi connectivity index (χ3v) is 12.4. The Balaban J connectivity index is 1.03. The van der Waals surface area contributed by atoms with Crippen LogP contribution >= 0.6 is 0 Å². The first-order chi connectivity index (χ1) is 30.2. The van der Waals surface area contributed by atoms with Crippen LogP contribution in [0.15, 0.2) is 224 Å². The molecule has 0 radical (unpaired) electrons. The number of benzene rings is 11. The lowest BCUT2D eigenvalue weighted by atomic mass is 9.88. The fourth-order valence-corrected chi connectivity index (χ4v) is 9.67. The van der Waals surface area contributed by atoms with E-state index in [4.69, 9.17) is 0 Å². The Morgan fingerprint density at radius 1 is 0.344 bits per heavy atom. The standard InChI is InChI=1S/C58H37FN2/c59-52-36-43(38-15-5-1-6-16-38)35-51(39-17-7-2-8-18-39)58(52)60(44-19-9-3-10-20-44)46-30-27-40(28-31-46)47-32-29-41-25-26-42-37-54-57(50-34-33-48(47)55(41)56(42)50)49-23-13-14-24-53(49)61(54)45-21-11-4-12-22-45/h1-37H. The lowest BCUT2D eigenvalue weighted by molar-refractivity contribution is 0.630. The molecule has 1 aromatic heterocycles. The van der Waals surface area contributed by atoms with Gasteiger partial charge in [-0.05, 0) is 121 Å². The Labute approximate surface area is 353 Å². The molecular formula is C58H37FN2. The molecule has 0 saturated carbocycles. The van der Waals surface area contributed by atoms with Crippen LogP contribution < -0.4 is 4.90 Å². The maximum absolute atomic E-state index is 17.0. The van der Waals surface area contributed by atoms with Crippen LogP contribution in [0.3, 0.4) is 0 Å². The fourth-order valence-electron chi connectivity index (χ4n) is 9.67. The molecule has 1 heterocycles. The molecule has 286 valence electrons. The van der Waals surface area contributed by atoms with Gasteiger partial charge in [-0.15, -0.1) is 0 Å². The third-order valence-electron chi connectivity index (χ3n) is 12.4. The number of rotatable bonds is 7. The van der Waals surface area contributed by atoms with Crippen molar-refractivity contribution in [3.63, 3.8) is 0 Å². The van der Waals surface area contributed by atoms with Crippen LogP contribution in [-0.4, -0.2) is 4.57 Å². The predicted octanol–water partition coefficient (Wildman–Crippen LogP) is 16.3. The van der Waals surface area contributed by atoms with Gasteiger partial charge in [-0.2, -0.15) is 0 Å². The second kappa shape index (κ2) is 14.1. The van der Waals surface area contributed by atoms with E-state index in [9.17, 15) is 0 Å². The summed E-state index contributed by atoms with van der Waals surface area (Å²) < 4.78 is 19.4. The van der Waals surface area contributed by atoms with Crippen molar-refractivity contribution in [3.05, 3.63) is 230 Å². The van der Waals surface area contributed by atoms with E-state index in [2.05, 4.69) is 149 Å². The molecule has 0 aliphatic heterocycles. The molecule has 0 spiro atoms. The van der Waals surface area contributed by atoms with Crippen molar-refractivity contribution in [2.24, 2.45) is 0 Å². The van der Waals surface area contributed by atoms with E-state index in [0.29, 0.717) is 5.69 Å². The Morgan fingerprint density at radius 3 is 1.67 bits per heavy atom. The SMILES string of the molecule is Fc1cc(-c2ccccc2)cc(-c2ccccc2)c1N(c1ccccc1)c1ccc(-c2ccc3ccc4cc5c(c6ccc2c3c46)c2ccccc2n5-c2ccccc2)cc1. The molecule has 0 bridgehead atoms. The zero-order chi connectivity index (χ0) is 40.4. The van der Waals surface area contributed by atoms with Crippen LogP contribution in [-0.2, 0) is 0 Å². The number of hydrogen-bond donors (Lipinski definition) is 0. The van der Waals surface area contributed by atoms with Gasteiger partial charge >= 0.3 is 0 Å². The van der Waals surface area contributed by atoms with E-state index in [-0.39, 0.29) is 5.82 Å². The van der Waals surface area contributed by atoms with E-state index in [1.807, 2.05) is 78.9 Å². The normalized spacial score (nSPS) is 11.7. The highest BCUT2D eigenvalue weighted by Gasteiger charge is 2.24. The van der Waals surface area contributed by atoms with Gasteiger partial charge in [-0.3, -0.25) is 0 Å². The molecule has 0 N–H and O–H groups in total. The highest BCUT2D eigenvalue weighted by molar-refractivity contribution is 6.34. The molecule has 3 heteroatoms. The van der Waals surface area contributed by atoms with E-state index >= 15 is 4.39 Å². The number of para-hydroxylation sites is 3. The monoisotopic (exact) mass is 780 g/mol. The molecule has 12 aromatic rings. The summed E-state index contributed by atoms with van der Waals surface area (Å²) >= 11 is 0. The zero-order valence-electron chi connectivity index (χ0n) is 33.1. The minimum absolute atomic E-state index is 0.291. The molecular weight excluding hydrogens is 744 g/mol. The van der Waals surface area contributed by atoms with Gasteiger partial charge in [0.25, 0.3) is 0 Å². The minimum Gasteiger partial charge on any atom is -0.309 e. The van der Waals surface area contributed by atoms with Gasteiger partial charge < -0.3 is 9.47 Å². The fraction of sp³-hybridized carbons (Fsp3) is 0. The molecule has 0 aliphatic carbocycles. The topological polar surface area (TPSA) is 8.17 Å². The molecule has 0 aliphatic rings. The van der Waals surface area contributed by atoms with E-state index in [1.54, 1.807) is 6.07 Å². The van der Waals surface area contributed by atoms with E-state index in [0.717, 1.165) is 50.4 Å². The van der Waals surface area contributed by atoms with Crippen LogP contribution in [0.4, 0.5) is 21.5 Å². The number of anilines is 3. The second-order valence-electron chi connectivity index (χ2n) is 15.8. The summed E-state index contributed by atoms with van der Waals surface area (Å²) in [5.74, 6) is -0.291. The maximum Gasteiger partial charge on any atom is 0.148 e. The first-order valence-electron chi connectivity index (χ1n) is 20.8. The average Bonchev–Trinajstić information content (AvgIpc) is 3.66. The van der Waals surface area contributed by atoms with Crippen LogP contribution in [0.1, 0.15) is 0 Å². The van der Waals surface area contributed by atoms with Gasteiger partial charge in [0, 0.05) is 33.4 Å². The summed E-state index contributed by atoms with van der Waals surface area (Å²) in [6.45, 7) is 0. The molecule has 12 rings (SSSR count). The smallest absolute Gasteiger partial charge is 0.148 e. The van der Waals surface area contributed by atoms with Crippen molar-refractivity contribution >= 4 is 71.2 Å². The van der Waals surface area contributed by atoms with Gasteiger partial charge in [-0.1, -0.05) is 164 Å². The van der Waals surface area contributed by atoms with Crippen molar-refractivity contribution in [3.8, 4) is 39.1 Å².